The number of hydrogen-bond donors (Lipinski definition) is 3. The normalized spacial score (nSPS) is 19.6. The smallest absolute Gasteiger partial charge is 0.211 e. The van der Waals surface area contributed by atoms with Crippen molar-refractivity contribution in [3.05, 3.63) is 65.4 Å². The molecular weight excluding hydrogens is 310 g/mol. The van der Waals surface area contributed by atoms with Gasteiger partial charge in [-0.15, -0.1) is 0 Å². The van der Waals surface area contributed by atoms with E-state index in [1.807, 2.05) is 6.07 Å². The highest BCUT2D eigenvalue weighted by Gasteiger charge is 2.34. The van der Waals surface area contributed by atoms with Gasteiger partial charge in [0.2, 0.25) is 6.41 Å². The Morgan fingerprint density at radius 2 is 2.04 bits per heavy atom. The molecule has 1 aromatic heterocycles. The van der Waals surface area contributed by atoms with Crippen molar-refractivity contribution in [3.8, 4) is 0 Å². The number of hydrogen-bond acceptors (Lipinski definition) is 2. The minimum absolute atomic E-state index is 0.0670. The van der Waals surface area contributed by atoms with E-state index in [-0.39, 0.29) is 5.54 Å². The lowest BCUT2D eigenvalue weighted by molar-refractivity contribution is -0.105. The number of aryl methyl sites for hydroxylation is 1. The molecular formula is C21H23N3O. The summed E-state index contributed by atoms with van der Waals surface area (Å²) >= 11 is 0. The highest BCUT2D eigenvalue weighted by atomic mass is 16.1. The summed E-state index contributed by atoms with van der Waals surface area (Å²) in [5.41, 5.74) is 6.13. The van der Waals surface area contributed by atoms with Gasteiger partial charge in [0.1, 0.15) is 0 Å². The van der Waals surface area contributed by atoms with Crippen molar-refractivity contribution in [2.24, 2.45) is 0 Å². The number of carbonyl (C=O) groups excluding carboxylic acids is 1. The third-order valence-electron chi connectivity index (χ3n) is 5.50. The summed E-state index contributed by atoms with van der Waals surface area (Å²) in [6.07, 6.45) is 4.88. The number of carbonyl (C=O) groups is 1. The van der Waals surface area contributed by atoms with E-state index >= 15 is 0 Å². The molecule has 1 atom stereocenters. The van der Waals surface area contributed by atoms with Crippen molar-refractivity contribution >= 4 is 23.0 Å². The Hall–Kier alpha value is -2.59. The van der Waals surface area contributed by atoms with E-state index < -0.39 is 0 Å². The second-order valence-electron chi connectivity index (χ2n) is 6.97. The van der Waals surface area contributed by atoms with Crippen LogP contribution in [-0.4, -0.2) is 24.0 Å². The molecule has 1 heterocycles. The maximum atomic E-state index is 10.8. The lowest BCUT2D eigenvalue weighted by Gasteiger charge is -2.37. The Kier molecular flexibility index (Phi) is 4.06. The number of anilines is 1. The molecule has 4 heteroatoms. The van der Waals surface area contributed by atoms with Crippen molar-refractivity contribution in [1.82, 2.24) is 10.3 Å². The van der Waals surface area contributed by atoms with Crippen molar-refractivity contribution in [3.63, 3.8) is 0 Å². The first-order chi connectivity index (χ1) is 12.2. The molecule has 1 amide bonds. The van der Waals surface area contributed by atoms with Gasteiger partial charge in [-0.25, -0.2) is 0 Å². The second kappa shape index (κ2) is 6.37. The van der Waals surface area contributed by atoms with Crippen molar-refractivity contribution in [1.29, 1.82) is 0 Å². The first-order valence-corrected chi connectivity index (χ1v) is 8.79. The Labute approximate surface area is 147 Å². The molecule has 128 valence electrons. The number of likely N-dealkylation sites (N-methyl/N-ethyl adjacent to an activating group) is 1. The molecule has 4 nitrogen and oxygen atoms in total. The summed E-state index contributed by atoms with van der Waals surface area (Å²) in [4.78, 5) is 14.3. The van der Waals surface area contributed by atoms with Crippen LogP contribution in [0.25, 0.3) is 10.9 Å². The standard InChI is InChI=1S/C21H23N3O/c1-22-21(12-15-5-3-2-4-6-15)10-9-20-18(13-21)17-11-16(23-14-25)7-8-19(17)24-20/h2-8,11,14,22,24H,9-10,12-13H2,1H3,(H,23,25). The molecule has 0 aliphatic heterocycles. The van der Waals surface area contributed by atoms with E-state index in [0.29, 0.717) is 0 Å². The fourth-order valence-electron chi connectivity index (χ4n) is 4.11. The maximum Gasteiger partial charge on any atom is 0.211 e. The minimum atomic E-state index is 0.0670. The Bertz CT molecular complexity index is 900. The quantitative estimate of drug-likeness (QED) is 0.627. The fraction of sp³-hybridized carbons (Fsp3) is 0.286. The van der Waals surface area contributed by atoms with Crippen LogP contribution in [0.2, 0.25) is 0 Å². The van der Waals surface area contributed by atoms with Crippen LogP contribution in [0.15, 0.2) is 48.5 Å². The molecule has 1 unspecified atom stereocenters. The molecule has 0 bridgehead atoms. The molecule has 4 rings (SSSR count). The number of benzene rings is 2. The van der Waals surface area contributed by atoms with Crippen molar-refractivity contribution in [2.75, 3.05) is 12.4 Å². The summed E-state index contributed by atoms with van der Waals surface area (Å²) in [7, 11) is 2.07. The molecule has 1 aliphatic carbocycles. The van der Waals surface area contributed by atoms with Crippen molar-refractivity contribution < 1.29 is 4.79 Å². The van der Waals surface area contributed by atoms with Gasteiger partial charge in [-0.05, 0) is 62.1 Å². The molecule has 0 radical (unpaired) electrons. The number of aromatic nitrogens is 1. The third-order valence-corrected chi connectivity index (χ3v) is 5.50. The zero-order valence-electron chi connectivity index (χ0n) is 14.4. The fourth-order valence-corrected chi connectivity index (χ4v) is 4.11. The number of aromatic amines is 1. The maximum absolute atomic E-state index is 10.8. The molecule has 2 aromatic carbocycles. The van der Waals surface area contributed by atoms with Crippen LogP contribution in [0, 0.1) is 0 Å². The Morgan fingerprint density at radius 1 is 1.20 bits per heavy atom. The van der Waals surface area contributed by atoms with Gasteiger partial charge in [0.05, 0.1) is 0 Å². The molecule has 3 N–H and O–H groups in total. The predicted molar refractivity (Wildman–Crippen MR) is 102 cm³/mol. The second-order valence-corrected chi connectivity index (χ2v) is 6.97. The van der Waals surface area contributed by atoms with Crippen LogP contribution in [0.3, 0.4) is 0 Å². The minimum Gasteiger partial charge on any atom is -0.358 e. The van der Waals surface area contributed by atoms with E-state index in [9.17, 15) is 4.79 Å². The Balaban J connectivity index is 1.71. The van der Waals surface area contributed by atoms with Crippen LogP contribution in [0.4, 0.5) is 5.69 Å². The number of nitrogens with one attached hydrogen (secondary N) is 3. The topological polar surface area (TPSA) is 56.9 Å². The molecule has 3 aromatic rings. The van der Waals surface area contributed by atoms with Gasteiger partial charge in [-0.3, -0.25) is 4.79 Å². The highest BCUT2D eigenvalue weighted by Crippen LogP contribution is 2.36. The zero-order chi connectivity index (χ0) is 17.3. The molecule has 0 spiro atoms. The average Bonchev–Trinajstić information content (AvgIpc) is 3.00. The van der Waals surface area contributed by atoms with Crippen LogP contribution < -0.4 is 10.6 Å². The average molecular weight is 333 g/mol. The largest absolute Gasteiger partial charge is 0.358 e. The van der Waals surface area contributed by atoms with Gasteiger partial charge in [-0.2, -0.15) is 0 Å². The molecule has 1 aliphatic rings. The number of amides is 1. The van der Waals surface area contributed by atoms with Gasteiger partial charge in [0.25, 0.3) is 0 Å². The lowest BCUT2D eigenvalue weighted by atomic mass is 9.76. The van der Waals surface area contributed by atoms with Crippen LogP contribution >= 0.6 is 0 Å². The highest BCUT2D eigenvalue weighted by molar-refractivity contribution is 5.90. The molecule has 0 fully saturated rings. The number of H-pyrrole nitrogens is 1. The first kappa shape index (κ1) is 15.9. The van der Waals surface area contributed by atoms with E-state index in [1.165, 1.54) is 22.2 Å². The number of fused-ring (bicyclic) bond motifs is 3. The van der Waals surface area contributed by atoms with E-state index in [0.717, 1.165) is 43.3 Å². The van der Waals surface area contributed by atoms with Gasteiger partial charge < -0.3 is 15.6 Å². The van der Waals surface area contributed by atoms with Gasteiger partial charge in [-0.1, -0.05) is 30.3 Å². The Morgan fingerprint density at radius 3 is 2.80 bits per heavy atom. The molecule has 0 saturated carbocycles. The summed E-state index contributed by atoms with van der Waals surface area (Å²) in [6, 6.07) is 16.8. The van der Waals surface area contributed by atoms with E-state index in [1.54, 1.807) is 0 Å². The monoisotopic (exact) mass is 333 g/mol. The number of rotatable bonds is 5. The lowest BCUT2D eigenvalue weighted by Crippen LogP contribution is -2.49. The van der Waals surface area contributed by atoms with Gasteiger partial charge in [0.15, 0.2) is 0 Å². The predicted octanol–water partition coefficient (Wildman–Crippen LogP) is 3.43. The van der Waals surface area contributed by atoms with Crippen LogP contribution in [-0.2, 0) is 24.1 Å². The molecule has 0 saturated heterocycles. The molecule has 25 heavy (non-hydrogen) atoms. The zero-order valence-corrected chi connectivity index (χ0v) is 14.4. The van der Waals surface area contributed by atoms with Crippen LogP contribution in [0.5, 0.6) is 0 Å². The SMILES string of the molecule is CNC1(Cc2ccccc2)CCc2[nH]c3ccc(NC=O)cc3c2C1. The van der Waals surface area contributed by atoms with E-state index in [2.05, 4.69) is 65.1 Å². The third kappa shape index (κ3) is 2.94. The van der Waals surface area contributed by atoms with Crippen molar-refractivity contribution in [2.45, 2.75) is 31.2 Å². The first-order valence-electron chi connectivity index (χ1n) is 8.79. The van der Waals surface area contributed by atoms with Crippen LogP contribution in [0.1, 0.15) is 23.2 Å². The van der Waals surface area contributed by atoms with E-state index in [4.69, 9.17) is 0 Å². The summed E-state index contributed by atoms with van der Waals surface area (Å²) in [6.45, 7) is 0. The summed E-state index contributed by atoms with van der Waals surface area (Å²) in [5.74, 6) is 0. The summed E-state index contributed by atoms with van der Waals surface area (Å²) < 4.78 is 0. The van der Waals surface area contributed by atoms with Gasteiger partial charge >= 0.3 is 0 Å². The summed E-state index contributed by atoms with van der Waals surface area (Å²) in [5, 5.41) is 7.59. The van der Waals surface area contributed by atoms with Gasteiger partial charge in [0, 0.05) is 27.8 Å².